The molecule has 5 heteroatoms. The number of carbonyl (C=O) groups is 1. The van der Waals surface area contributed by atoms with E-state index in [1.807, 2.05) is 0 Å². The molecule has 3 N–H and O–H groups in total. The minimum absolute atomic E-state index is 0.105. The maximum atomic E-state index is 13.1. The molecule has 0 atom stereocenters. The molecule has 2 aromatic rings. The summed E-state index contributed by atoms with van der Waals surface area (Å²) >= 11 is 0. The number of nitriles is 1. The first-order valence-corrected chi connectivity index (χ1v) is 5.92. The summed E-state index contributed by atoms with van der Waals surface area (Å²) in [5.41, 5.74) is 7.28. The highest BCUT2D eigenvalue weighted by Crippen LogP contribution is 2.15. The topological polar surface area (TPSA) is 78.9 Å². The molecule has 0 radical (unpaired) electrons. The summed E-state index contributed by atoms with van der Waals surface area (Å²) in [5, 5.41) is 11.3. The fourth-order valence-electron chi connectivity index (χ4n) is 1.78. The average Bonchev–Trinajstić information content (AvgIpc) is 2.41. The van der Waals surface area contributed by atoms with E-state index in [0.717, 1.165) is 11.6 Å². The van der Waals surface area contributed by atoms with Gasteiger partial charge in [0.05, 0.1) is 12.0 Å². The first-order chi connectivity index (χ1) is 9.58. The molecule has 0 fully saturated rings. The van der Waals surface area contributed by atoms with Crippen LogP contribution in [0.3, 0.4) is 0 Å². The Balaban J connectivity index is 2.07. The van der Waals surface area contributed by atoms with Crippen LogP contribution in [-0.2, 0) is 11.2 Å². The molecule has 4 nitrogen and oxygen atoms in total. The number of amides is 1. The highest BCUT2D eigenvalue weighted by molar-refractivity contribution is 5.92. The van der Waals surface area contributed by atoms with Crippen LogP contribution >= 0.6 is 0 Å². The Morgan fingerprint density at radius 2 is 2.10 bits per heavy atom. The van der Waals surface area contributed by atoms with Crippen molar-refractivity contribution in [2.45, 2.75) is 6.42 Å². The smallest absolute Gasteiger partial charge is 0.228 e. The maximum absolute atomic E-state index is 13.1. The van der Waals surface area contributed by atoms with E-state index in [-0.39, 0.29) is 17.9 Å². The lowest BCUT2D eigenvalue weighted by molar-refractivity contribution is -0.115. The van der Waals surface area contributed by atoms with Crippen molar-refractivity contribution in [3.8, 4) is 6.07 Å². The third-order valence-corrected chi connectivity index (χ3v) is 2.69. The number of nitrogens with one attached hydrogen (secondary N) is 1. The summed E-state index contributed by atoms with van der Waals surface area (Å²) < 4.78 is 13.1. The molecule has 2 aromatic carbocycles. The zero-order chi connectivity index (χ0) is 14.5. The molecular formula is C15H12FN3O. The zero-order valence-corrected chi connectivity index (χ0v) is 10.6. The standard InChI is InChI=1S/C15H12FN3O/c16-14-5-4-13(8-11(14)9-17)19-15(20)7-10-2-1-3-12(18)6-10/h1-6,8H,7,18H2,(H,19,20). The predicted molar refractivity (Wildman–Crippen MR) is 74.3 cm³/mol. The monoisotopic (exact) mass is 269 g/mol. The number of nitrogens with zero attached hydrogens (tertiary/aromatic N) is 1. The van der Waals surface area contributed by atoms with Gasteiger partial charge in [0.2, 0.25) is 5.91 Å². The van der Waals surface area contributed by atoms with E-state index in [4.69, 9.17) is 11.0 Å². The molecule has 0 saturated heterocycles. The lowest BCUT2D eigenvalue weighted by Crippen LogP contribution is -2.14. The number of halogens is 1. The molecular weight excluding hydrogens is 257 g/mol. The highest BCUT2D eigenvalue weighted by atomic mass is 19.1. The summed E-state index contributed by atoms with van der Waals surface area (Å²) in [6.07, 6.45) is 0.157. The van der Waals surface area contributed by atoms with Crippen LogP contribution in [0.5, 0.6) is 0 Å². The minimum Gasteiger partial charge on any atom is -0.399 e. The predicted octanol–water partition coefficient (Wildman–Crippen LogP) is 2.46. The van der Waals surface area contributed by atoms with E-state index in [0.29, 0.717) is 11.4 Å². The van der Waals surface area contributed by atoms with Gasteiger partial charge in [-0.05, 0) is 35.9 Å². The molecule has 1 amide bonds. The van der Waals surface area contributed by atoms with Gasteiger partial charge in [0.1, 0.15) is 11.9 Å². The second kappa shape index (κ2) is 5.85. The van der Waals surface area contributed by atoms with Gasteiger partial charge >= 0.3 is 0 Å². The Hall–Kier alpha value is -2.87. The van der Waals surface area contributed by atoms with Crippen molar-refractivity contribution < 1.29 is 9.18 Å². The molecule has 0 aliphatic rings. The van der Waals surface area contributed by atoms with Crippen molar-refractivity contribution in [2.75, 3.05) is 11.1 Å². The molecule has 0 aliphatic carbocycles. The third-order valence-electron chi connectivity index (χ3n) is 2.69. The van der Waals surface area contributed by atoms with Crippen LogP contribution in [0.4, 0.5) is 15.8 Å². The Morgan fingerprint density at radius 3 is 2.80 bits per heavy atom. The molecule has 0 saturated carbocycles. The molecule has 20 heavy (non-hydrogen) atoms. The fraction of sp³-hybridized carbons (Fsp3) is 0.0667. The average molecular weight is 269 g/mol. The maximum Gasteiger partial charge on any atom is 0.228 e. The summed E-state index contributed by atoms with van der Waals surface area (Å²) in [6, 6.07) is 12.6. The van der Waals surface area contributed by atoms with E-state index in [1.165, 1.54) is 12.1 Å². The fourth-order valence-corrected chi connectivity index (χ4v) is 1.78. The zero-order valence-electron chi connectivity index (χ0n) is 10.6. The van der Waals surface area contributed by atoms with Gasteiger partial charge in [0, 0.05) is 11.4 Å². The lowest BCUT2D eigenvalue weighted by Gasteiger charge is -2.06. The van der Waals surface area contributed by atoms with Crippen molar-refractivity contribution in [3.05, 3.63) is 59.4 Å². The minimum atomic E-state index is -0.610. The van der Waals surface area contributed by atoms with Crippen molar-refractivity contribution in [2.24, 2.45) is 0 Å². The number of nitrogen functional groups attached to an aromatic ring is 1. The van der Waals surface area contributed by atoms with E-state index in [2.05, 4.69) is 5.32 Å². The Labute approximate surface area is 115 Å². The van der Waals surface area contributed by atoms with Crippen LogP contribution in [0.1, 0.15) is 11.1 Å². The number of benzene rings is 2. The van der Waals surface area contributed by atoms with Gasteiger partial charge in [0.15, 0.2) is 0 Å². The van der Waals surface area contributed by atoms with Crippen LogP contribution in [-0.4, -0.2) is 5.91 Å². The van der Waals surface area contributed by atoms with Crippen LogP contribution in [0.25, 0.3) is 0 Å². The van der Waals surface area contributed by atoms with E-state index in [9.17, 15) is 9.18 Å². The van der Waals surface area contributed by atoms with Crippen molar-refractivity contribution in [1.29, 1.82) is 5.26 Å². The number of rotatable bonds is 3. The Bertz CT molecular complexity index is 692. The SMILES string of the molecule is N#Cc1cc(NC(=O)Cc2cccc(N)c2)ccc1F. The van der Waals surface area contributed by atoms with Crippen LogP contribution in [0.15, 0.2) is 42.5 Å². The normalized spacial score (nSPS) is 9.80. The number of hydrogen-bond acceptors (Lipinski definition) is 3. The number of hydrogen-bond donors (Lipinski definition) is 2. The summed E-state index contributed by atoms with van der Waals surface area (Å²) in [6.45, 7) is 0. The summed E-state index contributed by atoms with van der Waals surface area (Å²) in [4.78, 5) is 11.8. The first kappa shape index (κ1) is 13.6. The second-order valence-electron chi connectivity index (χ2n) is 4.28. The Kier molecular flexibility index (Phi) is 3.96. The largest absolute Gasteiger partial charge is 0.399 e. The van der Waals surface area contributed by atoms with Gasteiger partial charge in [-0.3, -0.25) is 4.79 Å². The number of anilines is 2. The van der Waals surface area contributed by atoms with Gasteiger partial charge in [-0.15, -0.1) is 0 Å². The van der Waals surface area contributed by atoms with Gasteiger partial charge in [0.25, 0.3) is 0 Å². The second-order valence-corrected chi connectivity index (χ2v) is 4.28. The Morgan fingerprint density at radius 1 is 1.30 bits per heavy atom. The van der Waals surface area contributed by atoms with E-state index in [1.54, 1.807) is 30.3 Å². The number of nitrogens with two attached hydrogens (primary N) is 1. The highest BCUT2D eigenvalue weighted by Gasteiger charge is 2.07. The molecule has 0 unspecified atom stereocenters. The third kappa shape index (κ3) is 3.33. The summed E-state index contributed by atoms with van der Waals surface area (Å²) in [5.74, 6) is -0.868. The first-order valence-electron chi connectivity index (χ1n) is 5.92. The molecule has 0 bridgehead atoms. The molecule has 0 aromatic heterocycles. The van der Waals surface area contributed by atoms with E-state index < -0.39 is 5.82 Å². The molecule has 0 aliphatic heterocycles. The molecule has 0 heterocycles. The van der Waals surface area contributed by atoms with Crippen LogP contribution in [0, 0.1) is 17.1 Å². The van der Waals surface area contributed by atoms with Gasteiger partial charge in [-0.25, -0.2) is 4.39 Å². The lowest BCUT2D eigenvalue weighted by atomic mass is 10.1. The quantitative estimate of drug-likeness (QED) is 0.840. The van der Waals surface area contributed by atoms with Gasteiger partial charge < -0.3 is 11.1 Å². The molecule has 2 rings (SSSR count). The van der Waals surface area contributed by atoms with E-state index >= 15 is 0 Å². The van der Waals surface area contributed by atoms with Crippen LogP contribution < -0.4 is 11.1 Å². The van der Waals surface area contributed by atoms with Crippen molar-refractivity contribution in [3.63, 3.8) is 0 Å². The van der Waals surface area contributed by atoms with Crippen molar-refractivity contribution in [1.82, 2.24) is 0 Å². The molecule has 0 spiro atoms. The van der Waals surface area contributed by atoms with Gasteiger partial charge in [-0.2, -0.15) is 5.26 Å². The number of carbonyl (C=O) groups excluding carboxylic acids is 1. The van der Waals surface area contributed by atoms with Crippen LogP contribution in [0.2, 0.25) is 0 Å². The van der Waals surface area contributed by atoms with Crippen molar-refractivity contribution >= 4 is 17.3 Å². The van der Waals surface area contributed by atoms with Gasteiger partial charge in [-0.1, -0.05) is 12.1 Å². The summed E-state index contributed by atoms with van der Waals surface area (Å²) in [7, 11) is 0. The molecule has 100 valence electrons.